The van der Waals surface area contributed by atoms with Crippen molar-refractivity contribution in [2.24, 2.45) is 11.7 Å². The van der Waals surface area contributed by atoms with E-state index in [1.807, 2.05) is 45.3 Å². The molecule has 1 amide bonds. The second-order valence-corrected chi connectivity index (χ2v) is 14.1. The SMILES string of the molecule is C=C(C)/C=C(\C=C(/F)CCC(=O)OCC)c1c(C)cc(C)cc1C.CCCCC(CC)OC.CCCc1cn(C(C)CC(C)C)c(=O)cc1C.NC=O. The smallest absolute Gasteiger partial charge is 0.306 e. The maximum atomic E-state index is 14.3. The summed E-state index contributed by atoms with van der Waals surface area (Å²) in [6.45, 7) is 29.0. The predicted octanol–water partition coefficient (Wildman–Crippen LogP) is 11.2. The van der Waals surface area contributed by atoms with Gasteiger partial charge >= 0.3 is 5.97 Å². The predicted molar refractivity (Wildman–Crippen MR) is 223 cm³/mol. The molecule has 2 N–H and O–H groups in total. The number of esters is 1. The average molecular weight is 741 g/mol. The molecule has 8 heteroatoms. The molecule has 0 aliphatic carbocycles. The zero-order valence-corrected chi connectivity index (χ0v) is 35.5. The first-order chi connectivity index (χ1) is 25.0. The molecule has 0 spiro atoms. The molecule has 2 unspecified atom stereocenters. The van der Waals surface area contributed by atoms with Gasteiger partial charge in [-0.2, -0.15) is 0 Å². The van der Waals surface area contributed by atoms with Gasteiger partial charge < -0.3 is 19.8 Å². The Hall–Kier alpha value is -3.78. The second-order valence-electron chi connectivity index (χ2n) is 14.1. The number of carbonyl (C=O) groups is 2. The van der Waals surface area contributed by atoms with Crippen LogP contribution in [-0.4, -0.2) is 36.8 Å². The summed E-state index contributed by atoms with van der Waals surface area (Å²) in [5, 5.41) is 0. The van der Waals surface area contributed by atoms with Gasteiger partial charge in [0.2, 0.25) is 6.41 Å². The summed E-state index contributed by atoms with van der Waals surface area (Å²) in [6.07, 6.45) is 14.4. The lowest BCUT2D eigenvalue weighted by molar-refractivity contribution is -0.143. The van der Waals surface area contributed by atoms with Crippen molar-refractivity contribution in [2.75, 3.05) is 13.7 Å². The number of amides is 1. The lowest BCUT2D eigenvalue weighted by Gasteiger charge is -2.19. The minimum atomic E-state index is -0.380. The van der Waals surface area contributed by atoms with Crippen LogP contribution in [0, 0.1) is 33.6 Å². The Morgan fingerprint density at radius 2 is 1.55 bits per heavy atom. The van der Waals surface area contributed by atoms with Gasteiger partial charge in [-0.1, -0.05) is 89.8 Å². The monoisotopic (exact) mass is 741 g/mol. The van der Waals surface area contributed by atoms with E-state index in [9.17, 15) is 14.0 Å². The van der Waals surface area contributed by atoms with Crippen LogP contribution in [0.4, 0.5) is 4.39 Å². The van der Waals surface area contributed by atoms with E-state index in [1.165, 1.54) is 36.5 Å². The van der Waals surface area contributed by atoms with Gasteiger partial charge in [-0.05, 0) is 120 Å². The van der Waals surface area contributed by atoms with Crippen molar-refractivity contribution in [3.05, 3.63) is 98.3 Å². The van der Waals surface area contributed by atoms with Crippen molar-refractivity contribution < 1.29 is 23.5 Å². The molecule has 1 heterocycles. The number of ether oxygens (including phenoxy) is 2. The molecule has 300 valence electrons. The van der Waals surface area contributed by atoms with Gasteiger partial charge in [0.25, 0.3) is 5.56 Å². The van der Waals surface area contributed by atoms with Gasteiger partial charge in [-0.3, -0.25) is 14.4 Å². The van der Waals surface area contributed by atoms with Gasteiger partial charge in [-0.15, -0.1) is 0 Å². The number of rotatable bonds is 17. The van der Waals surface area contributed by atoms with Gasteiger partial charge in [0.15, 0.2) is 0 Å². The number of halogens is 1. The fourth-order valence-corrected chi connectivity index (χ4v) is 6.06. The van der Waals surface area contributed by atoms with E-state index >= 15 is 0 Å². The fourth-order valence-electron chi connectivity index (χ4n) is 6.06. The number of unbranched alkanes of at least 4 members (excludes halogenated alkanes) is 1. The van der Waals surface area contributed by atoms with Crippen LogP contribution in [0.1, 0.15) is 146 Å². The normalized spacial score (nSPS) is 12.3. The number of benzene rings is 1. The van der Waals surface area contributed by atoms with Crippen LogP contribution in [-0.2, 0) is 25.5 Å². The molecule has 2 rings (SSSR count). The number of aryl methyl sites for hydroxylation is 5. The highest BCUT2D eigenvalue weighted by Crippen LogP contribution is 2.28. The Labute approximate surface area is 321 Å². The molecule has 0 aliphatic heterocycles. The van der Waals surface area contributed by atoms with Crippen molar-refractivity contribution >= 4 is 18.0 Å². The van der Waals surface area contributed by atoms with Crippen LogP contribution in [0.3, 0.4) is 0 Å². The zero-order valence-electron chi connectivity index (χ0n) is 35.5. The second kappa shape index (κ2) is 29.6. The summed E-state index contributed by atoms with van der Waals surface area (Å²) in [5.74, 6) is -0.100. The highest BCUT2D eigenvalue weighted by atomic mass is 19.1. The summed E-state index contributed by atoms with van der Waals surface area (Å²) in [6, 6.07) is 6.23. The lowest BCUT2D eigenvalue weighted by Crippen LogP contribution is -2.24. The van der Waals surface area contributed by atoms with Gasteiger partial charge in [0.05, 0.1) is 19.1 Å². The summed E-state index contributed by atoms with van der Waals surface area (Å²) < 4.78 is 26.3. The quantitative estimate of drug-likeness (QED) is 0.0988. The van der Waals surface area contributed by atoms with E-state index in [0.717, 1.165) is 59.1 Å². The van der Waals surface area contributed by atoms with Crippen LogP contribution in [0.15, 0.2) is 59.3 Å². The number of primary amides is 1. The van der Waals surface area contributed by atoms with E-state index in [1.54, 1.807) is 20.1 Å². The van der Waals surface area contributed by atoms with Crippen LogP contribution in [0.25, 0.3) is 5.57 Å². The molecule has 53 heavy (non-hydrogen) atoms. The maximum absolute atomic E-state index is 14.3. The Bertz CT molecular complexity index is 1460. The van der Waals surface area contributed by atoms with Gasteiger partial charge in [-0.25, -0.2) is 4.39 Å². The number of aromatic nitrogens is 1. The minimum absolute atomic E-state index is 0.0380. The number of carbonyl (C=O) groups excluding carboxylic acids is 2. The Kier molecular flexibility index (Phi) is 28.7. The number of hydrogen-bond acceptors (Lipinski definition) is 5. The summed E-state index contributed by atoms with van der Waals surface area (Å²) in [7, 11) is 1.80. The molecule has 0 fully saturated rings. The molecule has 0 radical (unpaired) electrons. The van der Waals surface area contributed by atoms with Gasteiger partial charge in [0, 0.05) is 31.8 Å². The standard InChI is InChI=1S/C21H27FO2.C15H25NO.C8H18O.CH3NO/c1-7-24-20(23)9-8-19(22)13-18(10-14(2)3)21-16(5)11-15(4)12-17(21)6;1-6-7-14-10-16(13(5)8-11(2)3)15(17)9-12(14)4;1-4-6-7-8(5-2)9-3;2-1-3/h10-13H,2,7-9H2,1,3-6H3;9-11,13H,6-8H2,1-5H3;8H,4-7H2,1-3H3;1H,(H2,2,3)/b18-10+,19-13-;;;. The number of nitrogens with two attached hydrogens (primary N) is 1. The molecular formula is C45H73FN2O5. The van der Waals surface area contributed by atoms with Crippen LogP contribution >= 0.6 is 0 Å². The molecule has 0 aliphatic rings. The Balaban J connectivity index is 0. The van der Waals surface area contributed by atoms with Crippen molar-refractivity contribution in [3.8, 4) is 0 Å². The summed E-state index contributed by atoms with van der Waals surface area (Å²) >= 11 is 0. The van der Waals surface area contributed by atoms with Crippen molar-refractivity contribution in [1.82, 2.24) is 4.57 Å². The minimum Gasteiger partial charge on any atom is -0.466 e. The van der Waals surface area contributed by atoms with Crippen molar-refractivity contribution in [2.45, 2.75) is 153 Å². The first-order valence-electron chi connectivity index (χ1n) is 19.3. The Morgan fingerprint density at radius 3 is 2.00 bits per heavy atom. The van der Waals surface area contributed by atoms with Crippen LogP contribution in [0.2, 0.25) is 0 Å². The maximum Gasteiger partial charge on any atom is 0.306 e. The third kappa shape index (κ3) is 22.8. The largest absolute Gasteiger partial charge is 0.466 e. The number of methoxy groups -OCH3 is 1. The molecule has 2 atom stereocenters. The van der Waals surface area contributed by atoms with Crippen LogP contribution in [0.5, 0.6) is 0 Å². The van der Waals surface area contributed by atoms with E-state index in [2.05, 4.69) is 72.2 Å². The molecule has 0 saturated heterocycles. The highest BCUT2D eigenvalue weighted by molar-refractivity contribution is 5.80. The topological polar surface area (TPSA) is 101 Å². The lowest BCUT2D eigenvalue weighted by atomic mass is 9.92. The molecule has 2 aromatic rings. The number of pyridine rings is 1. The van der Waals surface area contributed by atoms with E-state index < -0.39 is 0 Å². The van der Waals surface area contributed by atoms with E-state index in [0.29, 0.717) is 24.7 Å². The zero-order chi connectivity index (χ0) is 41.1. The molecule has 7 nitrogen and oxygen atoms in total. The number of nitrogens with zero attached hydrogens (tertiary/aromatic N) is 1. The highest BCUT2D eigenvalue weighted by Gasteiger charge is 2.12. The number of hydrogen-bond donors (Lipinski definition) is 1. The summed E-state index contributed by atoms with van der Waals surface area (Å²) in [5.41, 5.74) is 12.7. The molecule has 0 bridgehead atoms. The van der Waals surface area contributed by atoms with Crippen molar-refractivity contribution in [1.29, 1.82) is 0 Å². The molecule has 1 aromatic heterocycles. The Morgan fingerprint density at radius 1 is 0.962 bits per heavy atom. The number of allylic oxidation sites excluding steroid dienone is 5. The third-order valence-electron chi connectivity index (χ3n) is 8.42. The van der Waals surface area contributed by atoms with Crippen LogP contribution < -0.4 is 11.3 Å². The summed E-state index contributed by atoms with van der Waals surface area (Å²) in [4.78, 5) is 31.9. The first kappa shape index (κ1) is 51.3. The van der Waals surface area contributed by atoms with E-state index in [4.69, 9.17) is 14.3 Å². The third-order valence-corrected chi connectivity index (χ3v) is 8.42. The first-order valence-corrected chi connectivity index (χ1v) is 19.3. The van der Waals surface area contributed by atoms with Crippen molar-refractivity contribution in [3.63, 3.8) is 0 Å². The molecule has 0 saturated carbocycles. The molecule has 1 aromatic carbocycles. The van der Waals surface area contributed by atoms with E-state index in [-0.39, 0.29) is 36.6 Å². The average Bonchev–Trinajstić information content (AvgIpc) is 3.05. The fraction of sp³-hybridized carbons (Fsp3) is 0.578. The van der Waals surface area contributed by atoms with Gasteiger partial charge in [0.1, 0.15) is 5.83 Å². The molecular weight excluding hydrogens is 668 g/mol.